The number of carbonyl (C=O) groups excluding carboxylic acids is 1. The molecule has 1 heterocycles. The van der Waals surface area contributed by atoms with Gasteiger partial charge in [-0.05, 0) is 69.1 Å². The van der Waals surface area contributed by atoms with Gasteiger partial charge < -0.3 is 14.8 Å². The minimum Gasteiger partial charge on any atom is -0.497 e. The highest BCUT2D eigenvalue weighted by Crippen LogP contribution is 2.26. The second kappa shape index (κ2) is 9.60. The zero-order valence-electron chi connectivity index (χ0n) is 17.0. The molecule has 2 aromatic rings. The van der Waals surface area contributed by atoms with Crippen LogP contribution in [0.2, 0.25) is 0 Å². The van der Waals surface area contributed by atoms with Gasteiger partial charge in [0.25, 0.3) is 5.91 Å². The summed E-state index contributed by atoms with van der Waals surface area (Å²) in [6, 6.07) is 14.3. The van der Waals surface area contributed by atoms with Crippen molar-refractivity contribution in [2.24, 2.45) is 0 Å². The second-order valence-corrected chi connectivity index (χ2v) is 7.39. The van der Waals surface area contributed by atoms with Gasteiger partial charge >= 0.3 is 0 Å². The summed E-state index contributed by atoms with van der Waals surface area (Å²) in [6.07, 6.45) is 2.41. The van der Waals surface area contributed by atoms with E-state index in [2.05, 4.69) is 28.4 Å². The van der Waals surface area contributed by atoms with Gasteiger partial charge in [0.2, 0.25) is 0 Å². The Morgan fingerprint density at radius 3 is 2.46 bits per heavy atom. The largest absolute Gasteiger partial charge is 0.497 e. The number of nitrogens with one attached hydrogen (secondary N) is 1. The molecule has 5 nitrogen and oxygen atoms in total. The maximum atomic E-state index is 12.4. The summed E-state index contributed by atoms with van der Waals surface area (Å²) in [5.74, 6) is 1.50. The Kier molecular flexibility index (Phi) is 6.93. The lowest BCUT2D eigenvalue weighted by atomic mass is 10.1. The number of aryl methyl sites for hydroxylation is 2. The molecule has 0 bridgehead atoms. The van der Waals surface area contributed by atoms with Crippen molar-refractivity contribution >= 4 is 5.91 Å². The summed E-state index contributed by atoms with van der Waals surface area (Å²) in [5, 5.41) is 3.05. The lowest BCUT2D eigenvalue weighted by Gasteiger charge is -2.28. The Hall–Kier alpha value is -2.53. The van der Waals surface area contributed by atoms with E-state index in [0.29, 0.717) is 6.54 Å². The van der Waals surface area contributed by atoms with Crippen LogP contribution in [0.4, 0.5) is 0 Å². The third kappa shape index (κ3) is 5.26. The smallest absolute Gasteiger partial charge is 0.258 e. The quantitative estimate of drug-likeness (QED) is 0.757. The number of hydrogen-bond acceptors (Lipinski definition) is 4. The van der Waals surface area contributed by atoms with Crippen molar-refractivity contribution in [1.82, 2.24) is 10.2 Å². The molecular formula is C23H30N2O3. The van der Waals surface area contributed by atoms with Crippen LogP contribution in [-0.4, -0.2) is 44.2 Å². The average molecular weight is 383 g/mol. The van der Waals surface area contributed by atoms with Crippen LogP contribution in [0.5, 0.6) is 11.5 Å². The molecule has 2 aromatic carbocycles. The van der Waals surface area contributed by atoms with E-state index in [9.17, 15) is 4.79 Å². The summed E-state index contributed by atoms with van der Waals surface area (Å²) in [4.78, 5) is 14.8. The SMILES string of the molecule is COc1ccc(C(CNC(=O)COc2ccc(C)cc2C)N2CCCC2)cc1. The van der Waals surface area contributed by atoms with Crippen LogP contribution in [0, 0.1) is 13.8 Å². The molecule has 0 spiro atoms. The maximum absolute atomic E-state index is 12.4. The van der Waals surface area contributed by atoms with Gasteiger partial charge in [0.15, 0.2) is 6.61 Å². The van der Waals surface area contributed by atoms with Crippen molar-refractivity contribution in [3.8, 4) is 11.5 Å². The number of methoxy groups -OCH3 is 1. The minimum atomic E-state index is -0.0994. The van der Waals surface area contributed by atoms with Crippen molar-refractivity contribution in [2.45, 2.75) is 32.7 Å². The molecule has 28 heavy (non-hydrogen) atoms. The predicted octanol–water partition coefficient (Wildman–Crippen LogP) is 3.64. The lowest BCUT2D eigenvalue weighted by Crippen LogP contribution is -2.38. The predicted molar refractivity (Wildman–Crippen MR) is 111 cm³/mol. The van der Waals surface area contributed by atoms with E-state index >= 15 is 0 Å². The van der Waals surface area contributed by atoms with E-state index in [0.717, 1.165) is 30.2 Å². The molecule has 1 atom stereocenters. The Bertz CT molecular complexity index is 783. The fourth-order valence-electron chi connectivity index (χ4n) is 3.70. The van der Waals surface area contributed by atoms with Crippen LogP contribution < -0.4 is 14.8 Å². The van der Waals surface area contributed by atoms with Gasteiger partial charge in [-0.25, -0.2) is 0 Å². The molecular weight excluding hydrogens is 352 g/mol. The first kappa shape index (κ1) is 20.2. The Morgan fingerprint density at radius 1 is 1.11 bits per heavy atom. The molecule has 0 saturated carbocycles. The number of nitrogens with zero attached hydrogens (tertiary/aromatic N) is 1. The van der Waals surface area contributed by atoms with Gasteiger partial charge in [-0.15, -0.1) is 0 Å². The number of amides is 1. The molecule has 3 rings (SSSR count). The fraction of sp³-hybridized carbons (Fsp3) is 0.435. The Morgan fingerprint density at radius 2 is 1.82 bits per heavy atom. The van der Waals surface area contributed by atoms with Crippen LogP contribution in [0.3, 0.4) is 0 Å². The number of ether oxygens (including phenoxy) is 2. The van der Waals surface area contributed by atoms with Crippen molar-refractivity contribution in [3.05, 3.63) is 59.2 Å². The summed E-state index contributed by atoms with van der Waals surface area (Å²) in [7, 11) is 1.67. The van der Waals surface area contributed by atoms with E-state index in [1.165, 1.54) is 24.0 Å². The highest BCUT2D eigenvalue weighted by Gasteiger charge is 2.24. The monoisotopic (exact) mass is 382 g/mol. The number of benzene rings is 2. The van der Waals surface area contributed by atoms with Crippen molar-refractivity contribution in [1.29, 1.82) is 0 Å². The molecule has 5 heteroatoms. The molecule has 0 aromatic heterocycles. The van der Waals surface area contributed by atoms with Crippen molar-refractivity contribution in [3.63, 3.8) is 0 Å². The molecule has 1 aliphatic rings. The first-order valence-electron chi connectivity index (χ1n) is 9.91. The summed E-state index contributed by atoms with van der Waals surface area (Å²) in [6.45, 7) is 6.76. The molecule has 0 aliphatic carbocycles. The zero-order valence-corrected chi connectivity index (χ0v) is 17.0. The molecule has 150 valence electrons. The van der Waals surface area contributed by atoms with Gasteiger partial charge in [-0.3, -0.25) is 9.69 Å². The van der Waals surface area contributed by atoms with E-state index in [4.69, 9.17) is 9.47 Å². The van der Waals surface area contributed by atoms with E-state index in [1.54, 1.807) is 7.11 Å². The molecule has 1 saturated heterocycles. The van der Waals surface area contributed by atoms with Crippen LogP contribution >= 0.6 is 0 Å². The van der Waals surface area contributed by atoms with Crippen LogP contribution in [0.1, 0.15) is 35.6 Å². The zero-order chi connectivity index (χ0) is 19.9. The minimum absolute atomic E-state index is 0.0270. The average Bonchev–Trinajstić information content (AvgIpc) is 3.22. The first-order chi connectivity index (χ1) is 13.6. The normalized spacial score (nSPS) is 15.2. The summed E-state index contributed by atoms with van der Waals surface area (Å²) in [5.41, 5.74) is 3.42. The summed E-state index contributed by atoms with van der Waals surface area (Å²) < 4.78 is 11.0. The van der Waals surface area contributed by atoms with E-state index < -0.39 is 0 Å². The van der Waals surface area contributed by atoms with Gasteiger partial charge in [-0.2, -0.15) is 0 Å². The van der Waals surface area contributed by atoms with Gasteiger partial charge in [-0.1, -0.05) is 29.8 Å². The standard InChI is InChI=1S/C23H30N2O3/c1-17-6-11-22(18(2)14-17)28-16-23(26)24-15-21(25-12-4-5-13-25)19-7-9-20(27-3)10-8-19/h6-11,14,21H,4-5,12-13,15-16H2,1-3H3,(H,24,26). The highest BCUT2D eigenvalue weighted by molar-refractivity contribution is 5.77. The molecule has 0 radical (unpaired) electrons. The number of hydrogen-bond donors (Lipinski definition) is 1. The molecule has 1 fully saturated rings. The number of rotatable bonds is 8. The molecule has 1 amide bonds. The highest BCUT2D eigenvalue weighted by atomic mass is 16.5. The first-order valence-corrected chi connectivity index (χ1v) is 9.91. The van der Waals surface area contributed by atoms with E-state index in [1.807, 2.05) is 38.1 Å². The lowest BCUT2D eigenvalue weighted by molar-refractivity contribution is -0.123. The third-order valence-electron chi connectivity index (χ3n) is 5.26. The maximum Gasteiger partial charge on any atom is 0.258 e. The number of likely N-dealkylation sites (tertiary alicyclic amines) is 1. The van der Waals surface area contributed by atoms with Gasteiger partial charge in [0, 0.05) is 6.54 Å². The Labute approximate surface area is 167 Å². The molecule has 1 unspecified atom stereocenters. The molecule has 1 N–H and O–H groups in total. The fourth-order valence-corrected chi connectivity index (χ4v) is 3.70. The van der Waals surface area contributed by atoms with Crippen molar-refractivity contribution < 1.29 is 14.3 Å². The van der Waals surface area contributed by atoms with Gasteiger partial charge in [0.1, 0.15) is 11.5 Å². The number of carbonyl (C=O) groups is 1. The summed E-state index contributed by atoms with van der Waals surface area (Å²) >= 11 is 0. The topological polar surface area (TPSA) is 50.8 Å². The van der Waals surface area contributed by atoms with E-state index in [-0.39, 0.29) is 18.6 Å². The van der Waals surface area contributed by atoms with Crippen molar-refractivity contribution in [2.75, 3.05) is 33.4 Å². The van der Waals surface area contributed by atoms with Crippen LogP contribution in [0.25, 0.3) is 0 Å². The van der Waals surface area contributed by atoms with Crippen LogP contribution in [-0.2, 0) is 4.79 Å². The van der Waals surface area contributed by atoms with Crippen LogP contribution in [0.15, 0.2) is 42.5 Å². The second-order valence-electron chi connectivity index (χ2n) is 7.39. The van der Waals surface area contributed by atoms with Gasteiger partial charge in [0.05, 0.1) is 13.2 Å². The third-order valence-corrected chi connectivity index (χ3v) is 5.26. The molecule has 1 aliphatic heterocycles. The Balaban J connectivity index is 1.58.